The number of hydrogen-bond donors (Lipinski definition) is 2. The maximum Gasteiger partial charge on any atom is 0.0723 e. The average molecular weight is 268 g/mol. The smallest absolute Gasteiger partial charge is 0.0723 e. The average Bonchev–Trinajstić information content (AvgIpc) is 2.91. The first-order valence-corrected chi connectivity index (χ1v) is 7.16. The van der Waals surface area contributed by atoms with E-state index in [0.717, 1.165) is 0 Å². The highest BCUT2D eigenvalue weighted by Gasteiger charge is 2.15. The molecule has 0 aliphatic heterocycles. The molecule has 2 nitrogen and oxygen atoms in total. The number of rotatable bonds is 3. The Hall–Kier alpha value is -1.68. The van der Waals surface area contributed by atoms with E-state index in [1.165, 1.54) is 26.8 Å². The fourth-order valence-corrected chi connectivity index (χ4v) is 3.31. The van der Waals surface area contributed by atoms with Crippen molar-refractivity contribution in [3.8, 4) is 0 Å². The largest absolute Gasteiger partial charge is 0.271 e. The topological polar surface area (TPSA) is 38.0 Å². The zero-order valence-electron chi connectivity index (χ0n) is 10.8. The van der Waals surface area contributed by atoms with Gasteiger partial charge in [0.15, 0.2) is 0 Å². The lowest BCUT2D eigenvalue weighted by atomic mass is 9.97. The summed E-state index contributed by atoms with van der Waals surface area (Å²) in [6.07, 6.45) is 0. The van der Waals surface area contributed by atoms with Crippen LogP contribution in [-0.4, -0.2) is 0 Å². The van der Waals surface area contributed by atoms with Crippen molar-refractivity contribution in [3.05, 3.63) is 70.6 Å². The second kappa shape index (κ2) is 5.13. The minimum absolute atomic E-state index is 0.0305. The van der Waals surface area contributed by atoms with Crippen LogP contribution in [0.1, 0.15) is 22.7 Å². The molecule has 1 aromatic heterocycles. The number of fused-ring (bicyclic) bond motifs is 1. The first-order valence-electron chi connectivity index (χ1n) is 6.28. The molecule has 0 bridgehead atoms. The monoisotopic (exact) mass is 268 g/mol. The molecule has 0 radical (unpaired) electrons. The highest BCUT2D eigenvalue weighted by atomic mass is 32.1. The summed E-state index contributed by atoms with van der Waals surface area (Å²) in [5.74, 6) is 5.79. The maximum atomic E-state index is 5.79. The fraction of sp³-hybridized carbons (Fsp3) is 0.125. The first-order chi connectivity index (χ1) is 9.29. The van der Waals surface area contributed by atoms with E-state index < -0.39 is 0 Å². The Kier molecular flexibility index (Phi) is 3.34. The van der Waals surface area contributed by atoms with E-state index in [9.17, 15) is 0 Å². The van der Waals surface area contributed by atoms with Gasteiger partial charge in [-0.2, -0.15) is 0 Å². The molecule has 0 amide bonds. The Balaban J connectivity index is 2.11. The molecule has 19 heavy (non-hydrogen) atoms. The molecule has 2 aromatic carbocycles. The molecular weight excluding hydrogens is 252 g/mol. The number of hydrazine groups is 1. The minimum Gasteiger partial charge on any atom is -0.271 e. The standard InChI is InChI=1S/C16H16N2S/c1-11-5-7-12(8-6-11)15(18-17)14-4-2-3-13-9-10-19-16(13)14/h2-10,15,18H,17H2,1H3. The van der Waals surface area contributed by atoms with E-state index in [2.05, 4.69) is 66.3 Å². The van der Waals surface area contributed by atoms with Crippen LogP contribution in [0.5, 0.6) is 0 Å². The summed E-state index contributed by atoms with van der Waals surface area (Å²) in [7, 11) is 0. The number of hydrogen-bond acceptors (Lipinski definition) is 3. The molecule has 3 aromatic rings. The molecule has 0 saturated carbocycles. The van der Waals surface area contributed by atoms with Gasteiger partial charge in [0.25, 0.3) is 0 Å². The SMILES string of the molecule is Cc1ccc(C(NN)c2cccc3ccsc23)cc1. The van der Waals surface area contributed by atoms with Crippen LogP contribution in [0.2, 0.25) is 0 Å². The zero-order valence-corrected chi connectivity index (χ0v) is 11.6. The molecule has 3 heteroatoms. The number of nitrogens with one attached hydrogen (secondary N) is 1. The maximum absolute atomic E-state index is 5.79. The van der Waals surface area contributed by atoms with Gasteiger partial charge in [-0.3, -0.25) is 5.84 Å². The number of aryl methyl sites for hydroxylation is 1. The summed E-state index contributed by atoms with van der Waals surface area (Å²) >= 11 is 1.76. The minimum atomic E-state index is 0.0305. The molecule has 0 spiro atoms. The van der Waals surface area contributed by atoms with Crippen molar-refractivity contribution in [2.24, 2.45) is 5.84 Å². The van der Waals surface area contributed by atoms with Gasteiger partial charge in [-0.15, -0.1) is 11.3 Å². The third-order valence-electron chi connectivity index (χ3n) is 3.40. The van der Waals surface area contributed by atoms with Crippen molar-refractivity contribution in [1.29, 1.82) is 0 Å². The van der Waals surface area contributed by atoms with Crippen molar-refractivity contribution >= 4 is 21.4 Å². The van der Waals surface area contributed by atoms with Gasteiger partial charge in [-0.05, 0) is 34.9 Å². The predicted molar refractivity (Wildman–Crippen MR) is 82.2 cm³/mol. The summed E-state index contributed by atoms with van der Waals surface area (Å²) in [6, 6.07) is 17.0. The van der Waals surface area contributed by atoms with E-state index in [1.807, 2.05) is 0 Å². The molecule has 96 valence electrons. The van der Waals surface area contributed by atoms with Crippen LogP contribution in [0.4, 0.5) is 0 Å². The molecular formula is C16H16N2S. The number of nitrogens with two attached hydrogens (primary N) is 1. The first kappa shape index (κ1) is 12.4. The Morgan fingerprint density at radius 1 is 1.05 bits per heavy atom. The lowest BCUT2D eigenvalue weighted by Crippen LogP contribution is -2.28. The third kappa shape index (κ3) is 2.28. The Morgan fingerprint density at radius 2 is 1.84 bits per heavy atom. The Labute approximate surface area is 116 Å². The fourth-order valence-electron chi connectivity index (χ4n) is 2.37. The molecule has 1 atom stereocenters. The van der Waals surface area contributed by atoms with Gasteiger partial charge in [0.2, 0.25) is 0 Å². The molecule has 0 aliphatic carbocycles. The van der Waals surface area contributed by atoms with Gasteiger partial charge in [-0.25, -0.2) is 5.43 Å². The summed E-state index contributed by atoms with van der Waals surface area (Å²) in [5, 5.41) is 3.39. The van der Waals surface area contributed by atoms with Crippen molar-refractivity contribution in [2.45, 2.75) is 13.0 Å². The van der Waals surface area contributed by atoms with Crippen molar-refractivity contribution in [3.63, 3.8) is 0 Å². The van der Waals surface area contributed by atoms with Crippen LogP contribution in [-0.2, 0) is 0 Å². The van der Waals surface area contributed by atoms with E-state index in [4.69, 9.17) is 5.84 Å². The highest BCUT2D eigenvalue weighted by molar-refractivity contribution is 7.17. The van der Waals surface area contributed by atoms with E-state index in [-0.39, 0.29) is 6.04 Å². The van der Waals surface area contributed by atoms with E-state index >= 15 is 0 Å². The van der Waals surface area contributed by atoms with E-state index in [1.54, 1.807) is 11.3 Å². The van der Waals surface area contributed by atoms with Crippen LogP contribution in [0.15, 0.2) is 53.9 Å². The zero-order chi connectivity index (χ0) is 13.2. The van der Waals surface area contributed by atoms with Crippen LogP contribution in [0.25, 0.3) is 10.1 Å². The van der Waals surface area contributed by atoms with Crippen LogP contribution < -0.4 is 11.3 Å². The van der Waals surface area contributed by atoms with Crippen molar-refractivity contribution in [2.75, 3.05) is 0 Å². The van der Waals surface area contributed by atoms with E-state index in [0.29, 0.717) is 0 Å². The van der Waals surface area contributed by atoms with Crippen molar-refractivity contribution < 1.29 is 0 Å². The number of benzene rings is 2. The highest BCUT2D eigenvalue weighted by Crippen LogP contribution is 2.31. The lowest BCUT2D eigenvalue weighted by molar-refractivity contribution is 0.641. The Bertz CT molecular complexity index is 685. The van der Waals surface area contributed by atoms with Gasteiger partial charge in [-0.1, -0.05) is 48.0 Å². The summed E-state index contributed by atoms with van der Waals surface area (Å²) in [4.78, 5) is 0. The van der Waals surface area contributed by atoms with Crippen LogP contribution in [0, 0.1) is 6.92 Å². The van der Waals surface area contributed by atoms with Crippen LogP contribution in [0.3, 0.4) is 0 Å². The van der Waals surface area contributed by atoms with Gasteiger partial charge >= 0.3 is 0 Å². The van der Waals surface area contributed by atoms with Gasteiger partial charge in [0.05, 0.1) is 6.04 Å². The second-order valence-electron chi connectivity index (χ2n) is 4.70. The van der Waals surface area contributed by atoms with Gasteiger partial charge in [0.1, 0.15) is 0 Å². The van der Waals surface area contributed by atoms with Crippen molar-refractivity contribution in [1.82, 2.24) is 5.43 Å². The molecule has 0 saturated heterocycles. The summed E-state index contributed by atoms with van der Waals surface area (Å²) in [6.45, 7) is 2.09. The number of thiophene rings is 1. The van der Waals surface area contributed by atoms with Gasteiger partial charge in [0, 0.05) is 4.70 Å². The Morgan fingerprint density at radius 3 is 2.58 bits per heavy atom. The predicted octanol–water partition coefficient (Wildman–Crippen LogP) is 3.76. The molecule has 3 N–H and O–H groups in total. The molecule has 0 fully saturated rings. The summed E-state index contributed by atoms with van der Waals surface area (Å²) in [5.41, 5.74) is 6.62. The lowest BCUT2D eigenvalue weighted by Gasteiger charge is -2.18. The van der Waals surface area contributed by atoms with Gasteiger partial charge < -0.3 is 0 Å². The molecule has 0 aliphatic rings. The molecule has 1 unspecified atom stereocenters. The molecule has 1 heterocycles. The molecule has 3 rings (SSSR count). The third-order valence-corrected chi connectivity index (χ3v) is 4.38. The summed E-state index contributed by atoms with van der Waals surface area (Å²) < 4.78 is 1.30. The normalized spacial score (nSPS) is 12.7. The second-order valence-corrected chi connectivity index (χ2v) is 5.61. The van der Waals surface area contributed by atoms with Crippen LogP contribution >= 0.6 is 11.3 Å². The quantitative estimate of drug-likeness (QED) is 0.560.